The molecule has 0 saturated carbocycles. The molecule has 0 amide bonds. The standard InChI is InChI=1S/C17H30O7Si/c1-10(2)22-25(23-11(3)4,24-12(5)6)13-7-8-14(16(18)19)15(9-13)17(20)21/h7-8,10-15H,9H2,1-6H3,(H,18,19)(H,20,21). The van der Waals surface area contributed by atoms with Gasteiger partial charge in [0.2, 0.25) is 0 Å². The van der Waals surface area contributed by atoms with Gasteiger partial charge in [-0.1, -0.05) is 12.2 Å². The molecule has 0 aromatic rings. The van der Waals surface area contributed by atoms with E-state index >= 15 is 0 Å². The molecule has 0 fully saturated rings. The first-order valence-electron chi connectivity index (χ1n) is 8.65. The maximum atomic E-state index is 11.6. The van der Waals surface area contributed by atoms with Crippen molar-refractivity contribution in [3.63, 3.8) is 0 Å². The van der Waals surface area contributed by atoms with E-state index in [2.05, 4.69) is 0 Å². The van der Waals surface area contributed by atoms with Gasteiger partial charge in [-0.05, 0) is 48.0 Å². The second kappa shape index (κ2) is 8.93. The predicted octanol–water partition coefficient (Wildman–Crippen LogP) is 2.93. The first-order chi connectivity index (χ1) is 11.5. The van der Waals surface area contributed by atoms with Crippen LogP contribution in [-0.2, 0) is 22.9 Å². The molecule has 1 aliphatic carbocycles. The smallest absolute Gasteiger partial charge is 0.481 e. The van der Waals surface area contributed by atoms with Crippen LogP contribution in [0.25, 0.3) is 0 Å². The number of hydrogen-bond donors (Lipinski definition) is 2. The summed E-state index contributed by atoms with van der Waals surface area (Å²) in [4.78, 5) is 23.0. The molecule has 1 aliphatic rings. The van der Waals surface area contributed by atoms with Gasteiger partial charge in [0.1, 0.15) is 0 Å². The Morgan fingerprint density at radius 2 is 1.32 bits per heavy atom. The first kappa shape index (κ1) is 21.8. The van der Waals surface area contributed by atoms with Crippen LogP contribution < -0.4 is 0 Å². The van der Waals surface area contributed by atoms with Crippen molar-refractivity contribution in [3.8, 4) is 0 Å². The largest absolute Gasteiger partial charge is 0.508 e. The summed E-state index contributed by atoms with van der Waals surface area (Å²) in [5, 5.41) is 18.8. The number of carboxylic acid groups (broad SMARTS) is 2. The highest BCUT2D eigenvalue weighted by Crippen LogP contribution is 2.41. The van der Waals surface area contributed by atoms with Crippen molar-refractivity contribution in [1.29, 1.82) is 0 Å². The van der Waals surface area contributed by atoms with E-state index in [1.165, 1.54) is 6.08 Å². The quantitative estimate of drug-likeness (QED) is 0.472. The number of carbonyl (C=O) groups is 2. The molecule has 0 radical (unpaired) electrons. The maximum Gasteiger partial charge on any atom is 0.508 e. The third-order valence-electron chi connectivity index (χ3n) is 3.75. The molecular weight excluding hydrogens is 344 g/mol. The Hall–Kier alpha value is -1.22. The van der Waals surface area contributed by atoms with Crippen LogP contribution in [0.1, 0.15) is 48.0 Å². The highest BCUT2D eigenvalue weighted by atomic mass is 28.4. The molecule has 3 atom stereocenters. The number of carboxylic acids is 2. The summed E-state index contributed by atoms with van der Waals surface area (Å²) >= 11 is 0. The van der Waals surface area contributed by atoms with Gasteiger partial charge in [0.25, 0.3) is 0 Å². The van der Waals surface area contributed by atoms with Crippen LogP contribution in [0, 0.1) is 11.8 Å². The lowest BCUT2D eigenvalue weighted by Gasteiger charge is -2.41. The van der Waals surface area contributed by atoms with Crippen molar-refractivity contribution >= 4 is 20.7 Å². The van der Waals surface area contributed by atoms with Crippen LogP contribution in [0.5, 0.6) is 0 Å². The van der Waals surface area contributed by atoms with Gasteiger partial charge < -0.3 is 23.5 Å². The Labute approximate surface area is 150 Å². The molecule has 0 aromatic heterocycles. The summed E-state index contributed by atoms with van der Waals surface area (Å²) in [6.45, 7) is 11.2. The molecule has 25 heavy (non-hydrogen) atoms. The molecule has 7 nitrogen and oxygen atoms in total. The first-order valence-corrected chi connectivity index (χ1v) is 10.5. The van der Waals surface area contributed by atoms with Crippen molar-refractivity contribution in [2.24, 2.45) is 11.8 Å². The van der Waals surface area contributed by atoms with Crippen molar-refractivity contribution in [2.75, 3.05) is 0 Å². The zero-order valence-corrected chi connectivity index (χ0v) is 16.8. The van der Waals surface area contributed by atoms with Crippen molar-refractivity contribution in [1.82, 2.24) is 0 Å². The van der Waals surface area contributed by atoms with Crippen LogP contribution in [-0.4, -0.2) is 49.3 Å². The Balaban J connectivity index is 3.30. The highest BCUT2D eigenvalue weighted by Gasteiger charge is 2.54. The molecule has 0 bridgehead atoms. The summed E-state index contributed by atoms with van der Waals surface area (Å²) in [5.41, 5.74) is -0.406. The molecule has 3 unspecified atom stereocenters. The number of allylic oxidation sites excluding steroid dienone is 1. The van der Waals surface area contributed by atoms with Crippen molar-refractivity contribution < 1.29 is 33.1 Å². The fraction of sp³-hybridized carbons (Fsp3) is 0.765. The minimum absolute atomic E-state index is 0.112. The van der Waals surface area contributed by atoms with Crippen LogP contribution in [0.3, 0.4) is 0 Å². The second-order valence-electron chi connectivity index (χ2n) is 7.14. The summed E-state index contributed by atoms with van der Waals surface area (Å²) < 4.78 is 18.4. The van der Waals surface area contributed by atoms with Gasteiger partial charge in [0, 0.05) is 23.9 Å². The van der Waals surface area contributed by atoms with Crippen LogP contribution in [0.15, 0.2) is 12.2 Å². The Kier molecular flexibility index (Phi) is 7.79. The van der Waals surface area contributed by atoms with E-state index in [9.17, 15) is 19.8 Å². The Morgan fingerprint density at radius 1 is 0.880 bits per heavy atom. The molecule has 1 rings (SSSR count). The number of rotatable bonds is 9. The topological polar surface area (TPSA) is 102 Å². The van der Waals surface area contributed by atoms with Crippen molar-refractivity contribution in [2.45, 2.75) is 71.8 Å². The molecule has 0 aliphatic heterocycles. The SMILES string of the molecule is CC(C)O[Si](OC(C)C)(OC(C)C)C1C=CC(C(=O)O)C(C(=O)O)C1. The monoisotopic (exact) mass is 374 g/mol. The zero-order chi connectivity index (χ0) is 19.4. The molecule has 0 aromatic carbocycles. The van der Waals surface area contributed by atoms with Crippen LogP contribution >= 0.6 is 0 Å². The fourth-order valence-corrected chi connectivity index (χ4v) is 6.54. The molecule has 8 heteroatoms. The normalized spacial score (nSPS) is 24.3. The third-order valence-corrected chi connectivity index (χ3v) is 7.48. The predicted molar refractivity (Wildman–Crippen MR) is 94.2 cm³/mol. The zero-order valence-electron chi connectivity index (χ0n) is 15.8. The van der Waals surface area contributed by atoms with Crippen LogP contribution in [0.2, 0.25) is 5.54 Å². The molecular formula is C17H30O7Si. The summed E-state index contributed by atoms with van der Waals surface area (Å²) in [7, 11) is -3.28. The van der Waals surface area contributed by atoms with Crippen molar-refractivity contribution in [3.05, 3.63) is 12.2 Å². The lowest BCUT2D eigenvalue weighted by atomic mass is 9.84. The summed E-state index contributed by atoms with van der Waals surface area (Å²) in [6.07, 6.45) is 2.75. The van der Waals surface area contributed by atoms with E-state index in [0.29, 0.717) is 0 Å². The molecule has 0 spiro atoms. The van der Waals surface area contributed by atoms with E-state index in [0.717, 1.165) is 0 Å². The minimum Gasteiger partial charge on any atom is -0.481 e. The van der Waals surface area contributed by atoms with Gasteiger partial charge in [-0.15, -0.1) is 0 Å². The lowest BCUT2D eigenvalue weighted by Crippen LogP contribution is -2.55. The average molecular weight is 375 g/mol. The molecule has 2 N–H and O–H groups in total. The van der Waals surface area contributed by atoms with Gasteiger partial charge in [-0.2, -0.15) is 0 Å². The Bertz CT molecular complexity index is 475. The third kappa shape index (κ3) is 5.91. The molecule has 0 saturated heterocycles. The second-order valence-corrected chi connectivity index (χ2v) is 9.80. The highest BCUT2D eigenvalue weighted by molar-refractivity contribution is 6.63. The molecule has 144 valence electrons. The number of aliphatic carboxylic acids is 2. The van der Waals surface area contributed by atoms with E-state index in [1.54, 1.807) is 6.08 Å². The fourth-order valence-electron chi connectivity index (χ4n) is 2.99. The maximum absolute atomic E-state index is 11.6. The van der Waals surface area contributed by atoms with Gasteiger partial charge >= 0.3 is 20.7 Å². The number of hydrogen-bond acceptors (Lipinski definition) is 5. The van der Waals surface area contributed by atoms with E-state index in [1.807, 2.05) is 41.5 Å². The van der Waals surface area contributed by atoms with Gasteiger partial charge in [0.15, 0.2) is 0 Å². The Morgan fingerprint density at radius 3 is 1.64 bits per heavy atom. The van der Waals surface area contributed by atoms with Gasteiger partial charge in [0.05, 0.1) is 11.8 Å². The van der Waals surface area contributed by atoms with Gasteiger partial charge in [-0.25, -0.2) is 0 Å². The summed E-state index contributed by atoms with van der Waals surface area (Å²) in [5.74, 6) is -4.38. The lowest BCUT2D eigenvalue weighted by molar-refractivity contribution is -0.152. The summed E-state index contributed by atoms with van der Waals surface area (Å²) in [6, 6.07) is 0. The van der Waals surface area contributed by atoms with Crippen LogP contribution in [0.4, 0.5) is 0 Å². The minimum atomic E-state index is -3.28. The van der Waals surface area contributed by atoms with E-state index in [-0.39, 0.29) is 24.7 Å². The van der Waals surface area contributed by atoms with E-state index in [4.69, 9.17) is 13.3 Å². The average Bonchev–Trinajstić information content (AvgIpc) is 2.43. The molecule has 0 heterocycles. The van der Waals surface area contributed by atoms with E-state index < -0.39 is 38.1 Å². The van der Waals surface area contributed by atoms with Gasteiger partial charge in [-0.3, -0.25) is 9.59 Å².